The molecule has 1 rings (SSSR count). The molecule has 0 aromatic carbocycles. The predicted molar refractivity (Wildman–Crippen MR) is 72.8 cm³/mol. The van der Waals surface area contributed by atoms with E-state index in [1.165, 1.54) is 5.69 Å². The average molecular weight is 237 g/mol. The lowest BCUT2D eigenvalue weighted by atomic mass is 9.98. The van der Waals surface area contributed by atoms with Gasteiger partial charge in [0.1, 0.15) is 0 Å². The molecule has 3 nitrogen and oxygen atoms in total. The van der Waals surface area contributed by atoms with Gasteiger partial charge in [-0.15, -0.1) is 0 Å². The highest BCUT2D eigenvalue weighted by atomic mass is 15.1. The highest BCUT2D eigenvalue weighted by Gasteiger charge is 2.10. The van der Waals surface area contributed by atoms with E-state index < -0.39 is 0 Å². The lowest BCUT2D eigenvalue weighted by molar-refractivity contribution is 0.358. The van der Waals surface area contributed by atoms with Crippen LogP contribution in [0.25, 0.3) is 0 Å². The molecular formula is C14H27N3. The molecule has 1 aromatic rings. The third-order valence-corrected chi connectivity index (χ3v) is 3.28. The Morgan fingerprint density at radius 1 is 1.24 bits per heavy atom. The van der Waals surface area contributed by atoms with Crippen molar-refractivity contribution < 1.29 is 0 Å². The highest BCUT2D eigenvalue weighted by molar-refractivity contribution is 4.98. The zero-order chi connectivity index (χ0) is 12.8. The predicted octanol–water partition coefficient (Wildman–Crippen LogP) is 2.92. The van der Waals surface area contributed by atoms with Gasteiger partial charge in [0, 0.05) is 19.3 Å². The Balaban J connectivity index is 2.48. The smallest absolute Gasteiger partial charge is 0.0948 e. The van der Waals surface area contributed by atoms with Crippen LogP contribution in [0.15, 0.2) is 12.5 Å². The molecule has 0 amide bonds. The summed E-state index contributed by atoms with van der Waals surface area (Å²) in [6, 6.07) is 0. The van der Waals surface area contributed by atoms with Crippen molar-refractivity contribution in [3.63, 3.8) is 0 Å². The molecule has 1 atom stereocenters. The molecule has 0 aliphatic carbocycles. The van der Waals surface area contributed by atoms with Crippen molar-refractivity contribution in [1.29, 1.82) is 0 Å². The van der Waals surface area contributed by atoms with Crippen LogP contribution in [-0.2, 0) is 13.1 Å². The Morgan fingerprint density at radius 3 is 2.53 bits per heavy atom. The largest absolute Gasteiger partial charge is 0.333 e. The fraction of sp³-hybridized carbons (Fsp3) is 0.786. The van der Waals surface area contributed by atoms with Crippen molar-refractivity contribution in [2.24, 2.45) is 17.8 Å². The minimum absolute atomic E-state index is 0.688. The van der Waals surface area contributed by atoms with Gasteiger partial charge in [-0.1, -0.05) is 34.6 Å². The molecule has 1 unspecified atom stereocenters. The number of nitrogens with zero attached hydrogens (tertiary/aromatic N) is 2. The number of imidazole rings is 1. The van der Waals surface area contributed by atoms with Gasteiger partial charge in [0.05, 0.1) is 12.0 Å². The van der Waals surface area contributed by atoms with Crippen LogP contribution in [-0.4, -0.2) is 16.1 Å². The monoisotopic (exact) mass is 237 g/mol. The van der Waals surface area contributed by atoms with E-state index in [0.29, 0.717) is 17.8 Å². The first-order valence-electron chi connectivity index (χ1n) is 6.70. The van der Waals surface area contributed by atoms with E-state index in [-0.39, 0.29) is 0 Å². The van der Waals surface area contributed by atoms with Crippen LogP contribution >= 0.6 is 0 Å². The van der Waals surface area contributed by atoms with Crippen LogP contribution in [0.3, 0.4) is 0 Å². The van der Waals surface area contributed by atoms with E-state index in [4.69, 9.17) is 0 Å². The lowest BCUT2D eigenvalue weighted by Crippen LogP contribution is -2.22. The topological polar surface area (TPSA) is 29.9 Å². The first-order chi connectivity index (χ1) is 8.00. The van der Waals surface area contributed by atoms with Gasteiger partial charge in [-0.2, -0.15) is 0 Å². The molecule has 17 heavy (non-hydrogen) atoms. The number of aromatic nitrogens is 2. The zero-order valence-electron chi connectivity index (χ0n) is 11.9. The zero-order valence-corrected chi connectivity index (χ0v) is 11.9. The van der Waals surface area contributed by atoms with Gasteiger partial charge >= 0.3 is 0 Å². The number of rotatable bonds is 7. The van der Waals surface area contributed by atoms with Crippen molar-refractivity contribution in [3.8, 4) is 0 Å². The second kappa shape index (κ2) is 6.80. The second-order valence-corrected chi connectivity index (χ2v) is 5.78. The maximum Gasteiger partial charge on any atom is 0.0948 e. The molecule has 3 heteroatoms. The van der Waals surface area contributed by atoms with Crippen LogP contribution in [0, 0.1) is 17.8 Å². The Labute approximate surface area is 106 Å². The third kappa shape index (κ3) is 4.90. The van der Waals surface area contributed by atoms with Crippen LogP contribution < -0.4 is 5.32 Å². The standard InChI is InChI=1S/C14H27N3/c1-11(2)6-15-7-14-8-16-10-17(14)9-13(5)12(3)4/h8,10-13,15H,6-7,9H2,1-5H3. The molecular weight excluding hydrogens is 210 g/mol. The Hall–Kier alpha value is -0.830. The lowest BCUT2D eigenvalue weighted by Gasteiger charge is -2.18. The van der Waals surface area contributed by atoms with Crippen molar-refractivity contribution in [2.45, 2.75) is 47.7 Å². The number of nitrogens with one attached hydrogen (secondary N) is 1. The molecule has 0 spiro atoms. The van der Waals surface area contributed by atoms with Gasteiger partial charge < -0.3 is 9.88 Å². The molecule has 0 saturated carbocycles. The average Bonchev–Trinajstić information content (AvgIpc) is 2.65. The van der Waals surface area contributed by atoms with E-state index in [1.54, 1.807) is 0 Å². The Kier molecular flexibility index (Phi) is 5.69. The molecule has 0 fully saturated rings. The number of hydrogen-bond donors (Lipinski definition) is 1. The second-order valence-electron chi connectivity index (χ2n) is 5.78. The molecule has 0 radical (unpaired) electrons. The molecule has 0 aliphatic rings. The van der Waals surface area contributed by atoms with E-state index in [1.807, 2.05) is 12.5 Å². The van der Waals surface area contributed by atoms with Crippen molar-refractivity contribution in [2.75, 3.05) is 6.54 Å². The van der Waals surface area contributed by atoms with Crippen molar-refractivity contribution in [3.05, 3.63) is 18.2 Å². The highest BCUT2D eigenvalue weighted by Crippen LogP contribution is 2.13. The third-order valence-electron chi connectivity index (χ3n) is 3.28. The Bertz CT molecular complexity index is 315. The molecule has 1 N–H and O–H groups in total. The fourth-order valence-electron chi connectivity index (χ4n) is 1.67. The van der Waals surface area contributed by atoms with Gasteiger partial charge in [0.2, 0.25) is 0 Å². The summed E-state index contributed by atoms with van der Waals surface area (Å²) >= 11 is 0. The van der Waals surface area contributed by atoms with Crippen molar-refractivity contribution >= 4 is 0 Å². The molecule has 0 bridgehead atoms. The van der Waals surface area contributed by atoms with E-state index in [0.717, 1.165) is 19.6 Å². The van der Waals surface area contributed by atoms with E-state index in [2.05, 4.69) is 49.5 Å². The summed E-state index contributed by atoms with van der Waals surface area (Å²) < 4.78 is 2.28. The van der Waals surface area contributed by atoms with Gasteiger partial charge in [-0.3, -0.25) is 0 Å². The number of hydrogen-bond acceptors (Lipinski definition) is 2. The fourth-order valence-corrected chi connectivity index (χ4v) is 1.67. The first kappa shape index (κ1) is 14.2. The normalized spacial score (nSPS) is 13.6. The summed E-state index contributed by atoms with van der Waals surface area (Å²) in [5.74, 6) is 2.10. The summed E-state index contributed by atoms with van der Waals surface area (Å²) in [4.78, 5) is 4.26. The Morgan fingerprint density at radius 2 is 1.94 bits per heavy atom. The van der Waals surface area contributed by atoms with Crippen LogP contribution in [0.4, 0.5) is 0 Å². The van der Waals surface area contributed by atoms with Crippen LogP contribution in [0.1, 0.15) is 40.3 Å². The van der Waals surface area contributed by atoms with E-state index in [9.17, 15) is 0 Å². The summed E-state index contributed by atoms with van der Waals surface area (Å²) in [6.07, 6.45) is 3.92. The molecule has 1 heterocycles. The minimum atomic E-state index is 0.688. The molecule has 98 valence electrons. The van der Waals surface area contributed by atoms with E-state index >= 15 is 0 Å². The summed E-state index contributed by atoms with van der Waals surface area (Å²) in [6.45, 7) is 14.4. The van der Waals surface area contributed by atoms with Gasteiger partial charge in [0.15, 0.2) is 0 Å². The SMILES string of the molecule is CC(C)CNCc1cncn1CC(C)C(C)C. The van der Waals surface area contributed by atoms with Crippen molar-refractivity contribution in [1.82, 2.24) is 14.9 Å². The maximum absolute atomic E-state index is 4.26. The van der Waals surface area contributed by atoms with Crippen LogP contribution in [0.5, 0.6) is 0 Å². The molecule has 0 saturated heterocycles. The minimum Gasteiger partial charge on any atom is -0.333 e. The van der Waals surface area contributed by atoms with Gasteiger partial charge in [-0.25, -0.2) is 4.98 Å². The maximum atomic E-state index is 4.26. The van der Waals surface area contributed by atoms with Crippen LogP contribution in [0.2, 0.25) is 0 Å². The summed E-state index contributed by atoms with van der Waals surface area (Å²) in [7, 11) is 0. The molecule has 1 aromatic heterocycles. The quantitative estimate of drug-likeness (QED) is 0.790. The molecule has 0 aliphatic heterocycles. The van der Waals surface area contributed by atoms with Gasteiger partial charge in [-0.05, 0) is 24.3 Å². The first-order valence-corrected chi connectivity index (χ1v) is 6.70. The summed E-state index contributed by atoms with van der Waals surface area (Å²) in [5.41, 5.74) is 1.29. The summed E-state index contributed by atoms with van der Waals surface area (Å²) in [5, 5.41) is 3.47. The van der Waals surface area contributed by atoms with Gasteiger partial charge in [0.25, 0.3) is 0 Å².